The van der Waals surface area contributed by atoms with E-state index in [1.54, 1.807) is 17.0 Å². The van der Waals surface area contributed by atoms with Crippen molar-refractivity contribution in [1.82, 2.24) is 10.2 Å². The van der Waals surface area contributed by atoms with E-state index in [1.165, 1.54) is 11.8 Å². The lowest BCUT2D eigenvalue weighted by atomic mass is 10.0. The molecule has 0 radical (unpaired) electrons. The van der Waals surface area contributed by atoms with Gasteiger partial charge in [0.1, 0.15) is 6.04 Å². The lowest BCUT2D eigenvalue weighted by molar-refractivity contribution is -0.139. The third-order valence-corrected chi connectivity index (χ3v) is 7.52. The van der Waals surface area contributed by atoms with Gasteiger partial charge in [-0.3, -0.25) is 9.59 Å². The summed E-state index contributed by atoms with van der Waals surface area (Å²) < 4.78 is 0. The highest BCUT2D eigenvalue weighted by atomic mass is 35.5. The van der Waals surface area contributed by atoms with Gasteiger partial charge < -0.3 is 10.2 Å². The van der Waals surface area contributed by atoms with Crippen LogP contribution >= 0.6 is 35.0 Å². The van der Waals surface area contributed by atoms with Crippen molar-refractivity contribution in [3.63, 3.8) is 0 Å². The lowest BCUT2D eigenvalue weighted by Crippen LogP contribution is -2.52. The molecule has 0 aliphatic rings. The monoisotopic (exact) mass is 542 g/mol. The van der Waals surface area contributed by atoms with Crippen molar-refractivity contribution in [2.75, 3.05) is 5.75 Å². The zero-order chi connectivity index (χ0) is 25.9. The molecule has 0 unspecified atom stereocenters. The first-order chi connectivity index (χ1) is 17.4. The summed E-state index contributed by atoms with van der Waals surface area (Å²) in [4.78, 5) is 28.8. The van der Waals surface area contributed by atoms with E-state index in [-0.39, 0.29) is 23.6 Å². The summed E-state index contributed by atoms with van der Waals surface area (Å²) >= 11 is 13.8. The van der Waals surface area contributed by atoms with Crippen LogP contribution < -0.4 is 5.32 Å². The van der Waals surface area contributed by atoms with Crippen molar-refractivity contribution in [2.24, 2.45) is 0 Å². The predicted molar refractivity (Wildman–Crippen MR) is 151 cm³/mol. The quantitative estimate of drug-likeness (QED) is 0.274. The lowest BCUT2D eigenvalue weighted by Gasteiger charge is -2.32. The van der Waals surface area contributed by atoms with Crippen LogP contribution in [0, 0.1) is 0 Å². The summed E-state index contributed by atoms with van der Waals surface area (Å²) in [5.41, 5.74) is 2.91. The molecule has 190 valence electrons. The molecule has 0 aromatic heterocycles. The summed E-state index contributed by atoms with van der Waals surface area (Å²) in [7, 11) is 0. The minimum Gasteiger partial charge on any atom is -0.352 e. The van der Waals surface area contributed by atoms with E-state index in [9.17, 15) is 9.59 Å². The average molecular weight is 544 g/mol. The minimum atomic E-state index is -0.631. The number of halogens is 2. The molecule has 0 spiro atoms. The van der Waals surface area contributed by atoms with E-state index in [1.807, 2.05) is 80.6 Å². The Labute approximate surface area is 228 Å². The number of carbonyl (C=O) groups excluding carboxylic acids is 2. The van der Waals surface area contributed by atoms with Crippen molar-refractivity contribution in [3.05, 3.63) is 106 Å². The number of amides is 2. The molecule has 7 heteroatoms. The zero-order valence-corrected chi connectivity index (χ0v) is 23.0. The Kier molecular flexibility index (Phi) is 11.2. The molecular weight excluding hydrogens is 511 g/mol. The van der Waals surface area contributed by atoms with Gasteiger partial charge in [0.05, 0.1) is 5.75 Å². The summed E-state index contributed by atoms with van der Waals surface area (Å²) in [5, 5.41) is 4.26. The van der Waals surface area contributed by atoms with Crippen LogP contribution in [0.25, 0.3) is 0 Å². The van der Waals surface area contributed by atoms with Crippen LogP contribution in [0.4, 0.5) is 0 Å². The fraction of sp³-hybridized carbons (Fsp3) is 0.310. The Bertz CT molecular complexity index is 1130. The number of thioether (sulfide) groups is 1. The summed E-state index contributed by atoms with van der Waals surface area (Å²) in [6.07, 6.45) is 1.25. The van der Waals surface area contributed by atoms with Crippen LogP contribution in [0.15, 0.2) is 78.9 Å². The minimum absolute atomic E-state index is 0.0193. The van der Waals surface area contributed by atoms with E-state index in [2.05, 4.69) is 5.32 Å². The Morgan fingerprint density at radius 1 is 0.944 bits per heavy atom. The Morgan fingerprint density at radius 3 is 2.19 bits per heavy atom. The van der Waals surface area contributed by atoms with Gasteiger partial charge in [0.2, 0.25) is 11.8 Å². The van der Waals surface area contributed by atoms with E-state index in [4.69, 9.17) is 23.2 Å². The normalized spacial score (nSPS) is 12.6. The van der Waals surface area contributed by atoms with Crippen LogP contribution in [0.3, 0.4) is 0 Å². The molecule has 0 aliphatic carbocycles. The van der Waals surface area contributed by atoms with E-state index >= 15 is 0 Å². The van der Waals surface area contributed by atoms with Gasteiger partial charge in [-0.15, -0.1) is 11.8 Å². The van der Waals surface area contributed by atoms with Gasteiger partial charge in [-0.1, -0.05) is 96.9 Å². The first-order valence-electron chi connectivity index (χ1n) is 12.1. The standard InChI is InChI=1S/C29H32Cl2N2O2S/c1-3-21(2)32-29(35)27(16-22-10-6-4-7-11-22)33(18-23-12-8-5-9-13-23)28(34)20-36-19-24-14-15-25(30)17-26(24)31/h4-15,17,21,27H,3,16,18-20H2,1-2H3,(H,32,35)/t21-,27+/m0/s1. The number of benzene rings is 3. The third-order valence-electron chi connectivity index (χ3n) is 5.97. The molecule has 3 aromatic carbocycles. The molecule has 0 fully saturated rings. The van der Waals surface area contributed by atoms with Crippen molar-refractivity contribution < 1.29 is 9.59 Å². The number of hydrogen-bond donors (Lipinski definition) is 1. The molecule has 4 nitrogen and oxygen atoms in total. The second-order valence-electron chi connectivity index (χ2n) is 8.76. The molecule has 0 saturated heterocycles. The number of nitrogens with one attached hydrogen (secondary N) is 1. The second kappa shape index (κ2) is 14.3. The molecular formula is C29H32Cl2N2O2S. The van der Waals surface area contributed by atoms with Gasteiger partial charge >= 0.3 is 0 Å². The number of rotatable bonds is 12. The van der Waals surface area contributed by atoms with Gasteiger partial charge in [0.15, 0.2) is 0 Å². The molecule has 0 saturated carbocycles. The van der Waals surface area contributed by atoms with Crippen molar-refractivity contribution in [2.45, 2.75) is 51.1 Å². The molecule has 0 bridgehead atoms. The third kappa shape index (κ3) is 8.58. The maximum Gasteiger partial charge on any atom is 0.243 e. The van der Waals surface area contributed by atoms with E-state index < -0.39 is 6.04 Å². The maximum atomic E-state index is 13.6. The van der Waals surface area contributed by atoms with Crippen LogP contribution in [0.2, 0.25) is 10.0 Å². The molecule has 36 heavy (non-hydrogen) atoms. The molecule has 2 atom stereocenters. The largest absolute Gasteiger partial charge is 0.352 e. The van der Waals surface area contributed by atoms with Gasteiger partial charge in [0.25, 0.3) is 0 Å². The summed E-state index contributed by atoms with van der Waals surface area (Å²) in [6, 6.07) is 24.4. The van der Waals surface area contributed by atoms with E-state index in [0.717, 1.165) is 23.1 Å². The van der Waals surface area contributed by atoms with E-state index in [0.29, 0.717) is 28.8 Å². The topological polar surface area (TPSA) is 49.4 Å². The Hall–Kier alpha value is -2.47. The highest BCUT2D eigenvalue weighted by Crippen LogP contribution is 2.25. The molecule has 2 amide bonds. The zero-order valence-electron chi connectivity index (χ0n) is 20.6. The number of hydrogen-bond acceptors (Lipinski definition) is 3. The summed E-state index contributed by atoms with van der Waals surface area (Å²) in [6.45, 7) is 4.36. The average Bonchev–Trinajstić information content (AvgIpc) is 2.88. The first-order valence-corrected chi connectivity index (χ1v) is 14.0. The highest BCUT2D eigenvalue weighted by Gasteiger charge is 2.30. The van der Waals surface area contributed by atoms with Gasteiger partial charge in [-0.2, -0.15) is 0 Å². The van der Waals surface area contributed by atoms with Crippen molar-refractivity contribution in [3.8, 4) is 0 Å². The molecule has 3 rings (SSSR count). The van der Waals surface area contributed by atoms with Crippen molar-refractivity contribution in [1.29, 1.82) is 0 Å². The second-order valence-corrected chi connectivity index (χ2v) is 10.6. The SMILES string of the molecule is CC[C@H](C)NC(=O)[C@@H](Cc1ccccc1)N(Cc1ccccc1)C(=O)CSCc1ccc(Cl)cc1Cl. The fourth-order valence-electron chi connectivity index (χ4n) is 3.75. The van der Waals surface area contributed by atoms with Crippen LogP contribution in [-0.2, 0) is 28.3 Å². The molecule has 1 N–H and O–H groups in total. The highest BCUT2D eigenvalue weighted by molar-refractivity contribution is 7.99. The predicted octanol–water partition coefficient (Wildman–Crippen LogP) is 6.78. The molecule has 3 aromatic rings. The maximum absolute atomic E-state index is 13.6. The molecule has 0 aliphatic heterocycles. The number of nitrogens with zero attached hydrogens (tertiary/aromatic N) is 1. The van der Waals surface area contributed by atoms with Gasteiger partial charge in [-0.05, 0) is 42.2 Å². The fourth-order valence-corrected chi connectivity index (χ4v) is 5.21. The Balaban J connectivity index is 1.83. The smallest absolute Gasteiger partial charge is 0.243 e. The Morgan fingerprint density at radius 2 is 1.58 bits per heavy atom. The van der Waals surface area contributed by atoms with Crippen LogP contribution in [0.5, 0.6) is 0 Å². The first kappa shape index (κ1) is 28.1. The van der Waals surface area contributed by atoms with Crippen LogP contribution in [-0.4, -0.2) is 34.6 Å². The van der Waals surface area contributed by atoms with Crippen molar-refractivity contribution >= 4 is 46.8 Å². The van der Waals surface area contributed by atoms with Gasteiger partial charge in [-0.25, -0.2) is 0 Å². The molecule has 0 heterocycles. The van der Waals surface area contributed by atoms with Crippen LogP contribution in [0.1, 0.15) is 37.0 Å². The van der Waals surface area contributed by atoms with Gasteiger partial charge in [0, 0.05) is 34.8 Å². The summed E-state index contributed by atoms with van der Waals surface area (Å²) in [5.74, 6) is 0.578. The number of carbonyl (C=O) groups is 2.